The number of methoxy groups -OCH3 is 1. The van der Waals surface area contributed by atoms with Gasteiger partial charge >= 0.3 is 0 Å². The topological polar surface area (TPSA) is 57.1 Å². The van der Waals surface area contributed by atoms with E-state index in [1.165, 1.54) is 6.08 Å². The Bertz CT molecular complexity index is 739. The van der Waals surface area contributed by atoms with E-state index in [1.54, 1.807) is 31.4 Å². The summed E-state index contributed by atoms with van der Waals surface area (Å²) < 4.78 is 17.2. The largest absolute Gasteiger partial charge is 0.462 e. The van der Waals surface area contributed by atoms with Crippen molar-refractivity contribution in [1.82, 2.24) is 0 Å². The number of hydrogen-bond acceptors (Lipinski definition) is 5. The van der Waals surface area contributed by atoms with Gasteiger partial charge in [-0.25, -0.2) is 4.79 Å². The highest BCUT2D eigenvalue weighted by Crippen LogP contribution is 2.36. The Kier molecular flexibility index (Phi) is 4.15. The van der Waals surface area contributed by atoms with E-state index in [4.69, 9.17) is 14.2 Å². The van der Waals surface area contributed by atoms with Crippen molar-refractivity contribution in [2.24, 2.45) is 4.99 Å². The van der Waals surface area contributed by atoms with E-state index in [0.717, 1.165) is 24.2 Å². The van der Waals surface area contributed by atoms with Crippen LogP contribution in [0.5, 0.6) is 5.75 Å². The van der Waals surface area contributed by atoms with Crippen LogP contribution in [0.4, 0.5) is 5.69 Å². The Labute approximate surface area is 134 Å². The van der Waals surface area contributed by atoms with Crippen molar-refractivity contribution in [2.75, 3.05) is 7.11 Å². The van der Waals surface area contributed by atoms with Crippen LogP contribution in [-0.2, 0) is 14.3 Å². The molecular formula is C18H17NO4. The van der Waals surface area contributed by atoms with Crippen LogP contribution in [0.2, 0.25) is 0 Å². The zero-order chi connectivity index (χ0) is 16.3. The SMILES string of the molecule is COC1(C)CC=C2CC=C(Oc3ccc(N=C=O)cc3)C=C2O1. The predicted octanol–water partition coefficient (Wildman–Crippen LogP) is 3.91. The summed E-state index contributed by atoms with van der Waals surface area (Å²) in [7, 11) is 1.64. The van der Waals surface area contributed by atoms with Gasteiger partial charge in [-0.1, -0.05) is 6.08 Å². The summed E-state index contributed by atoms with van der Waals surface area (Å²) >= 11 is 0. The van der Waals surface area contributed by atoms with Crippen molar-refractivity contribution in [3.63, 3.8) is 0 Å². The van der Waals surface area contributed by atoms with Gasteiger partial charge in [-0.3, -0.25) is 0 Å². The summed E-state index contributed by atoms with van der Waals surface area (Å²) in [5.74, 6) is 1.52. The van der Waals surface area contributed by atoms with Crippen molar-refractivity contribution in [1.29, 1.82) is 0 Å². The lowest BCUT2D eigenvalue weighted by atomic mass is 9.98. The van der Waals surface area contributed by atoms with Crippen LogP contribution in [0.1, 0.15) is 19.8 Å². The van der Waals surface area contributed by atoms with Crippen molar-refractivity contribution >= 4 is 11.8 Å². The number of ether oxygens (including phenoxy) is 3. The molecular weight excluding hydrogens is 294 g/mol. The second-order valence-electron chi connectivity index (χ2n) is 5.49. The molecule has 0 fully saturated rings. The third kappa shape index (κ3) is 3.42. The molecule has 1 aliphatic heterocycles. The quantitative estimate of drug-likeness (QED) is 0.625. The first-order chi connectivity index (χ1) is 11.1. The second kappa shape index (κ2) is 6.24. The fourth-order valence-corrected chi connectivity index (χ4v) is 2.43. The van der Waals surface area contributed by atoms with Crippen LogP contribution in [0, 0.1) is 0 Å². The van der Waals surface area contributed by atoms with Gasteiger partial charge in [-0.05, 0) is 42.3 Å². The molecule has 118 valence electrons. The van der Waals surface area contributed by atoms with Gasteiger partial charge in [0.05, 0.1) is 5.69 Å². The molecule has 5 nitrogen and oxygen atoms in total. The summed E-state index contributed by atoms with van der Waals surface area (Å²) in [4.78, 5) is 13.8. The Morgan fingerprint density at radius 3 is 2.74 bits per heavy atom. The van der Waals surface area contributed by atoms with E-state index < -0.39 is 5.79 Å². The second-order valence-corrected chi connectivity index (χ2v) is 5.49. The molecule has 0 amide bonds. The third-order valence-electron chi connectivity index (χ3n) is 3.84. The molecule has 0 radical (unpaired) electrons. The lowest BCUT2D eigenvalue weighted by molar-refractivity contribution is -0.185. The summed E-state index contributed by atoms with van der Waals surface area (Å²) in [5.41, 5.74) is 1.68. The highest BCUT2D eigenvalue weighted by Gasteiger charge is 2.32. The number of nitrogens with zero attached hydrogens (tertiary/aromatic N) is 1. The minimum atomic E-state index is -0.633. The van der Waals surface area contributed by atoms with Gasteiger partial charge in [0.15, 0.2) is 0 Å². The minimum Gasteiger partial charge on any atom is -0.462 e. The first kappa shape index (κ1) is 15.3. The summed E-state index contributed by atoms with van der Waals surface area (Å²) in [6, 6.07) is 6.89. The third-order valence-corrected chi connectivity index (χ3v) is 3.84. The summed E-state index contributed by atoms with van der Waals surface area (Å²) in [6.07, 6.45) is 8.99. The molecule has 23 heavy (non-hydrogen) atoms. The lowest BCUT2D eigenvalue weighted by Crippen LogP contribution is -2.33. The van der Waals surface area contributed by atoms with Gasteiger partial charge in [0.25, 0.3) is 0 Å². The number of rotatable bonds is 4. The summed E-state index contributed by atoms with van der Waals surface area (Å²) in [6.45, 7) is 1.91. The molecule has 0 N–H and O–H groups in total. The molecule has 1 heterocycles. The van der Waals surface area contributed by atoms with Crippen molar-refractivity contribution in [2.45, 2.75) is 25.6 Å². The first-order valence-electron chi connectivity index (χ1n) is 7.33. The highest BCUT2D eigenvalue weighted by atomic mass is 16.7. The Hall–Kier alpha value is -2.62. The average Bonchev–Trinajstić information content (AvgIpc) is 2.57. The maximum atomic E-state index is 10.2. The van der Waals surface area contributed by atoms with Gasteiger partial charge in [-0.2, -0.15) is 4.99 Å². The first-order valence-corrected chi connectivity index (χ1v) is 7.33. The van der Waals surface area contributed by atoms with Gasteiger partial charge in [0.2, 0.25) is 11.9 Å². The Morgan fingerprint density at radius 1 is 1.26 bits per heavy atom. The van der Waals surface area contributed by atoms with E-state index >= 15 is 0 Å². The number of carbonyl (C=O) groups excluding carboxylic acids is 1. The van der Waals surface area contributed by atoms with Crippen LogP contribution >= 0.6 is 0 Å². The normalized spacial score (nSPS) is 22.6. The number of fused-ring (bicyclic) bond motifs is 1. The average molecular weight is 311 g/mol. The predicted molar refractivity (Wildman–Crippen MR) is 84.8 cm³/mol. The number of allylic oxidation sites excluding steroid dienone is 3. The molecule has 3 rings (SSSR count). The molecule has 1 atom stereocenters. The molecule has 5 heteroatoms. The molecule has 1 unspecified atom stereocenters. The maximum Gasteiger partial charge on any atom is 0.240 e. The van der Waals surface area contributed by atoms with Gasteiger partial charge < -0.3 is 14.2 Å². The van der Waals surface area contributed by atoms with E-state index in [0.29, 0.717) is 17.2 Å². The summed E-state index contributed by atoms with van der Waals surface area (Å²) in [5, 5.41) is 0. The zero-order valence-corrected chi connectivity index (χ0v) is 13.0. The smallest absolute Gasteiger partial charge is 0.240 e. The molecule has 1 aromatic carbocycles. The number of isocyanates is 1. The van der Waals surface area contributed by atoms with Crippen LogP contribution in [0.15, 0.2) is 64.6 Å². The van der Waals surface area contributed by atoms with Gasteiger partial charge in [0.1, 0.15) is 17.3 Å². The Balaban J connectivity index is 1.75. The molecule has 0 aromatic heterocycles. The van der Waals surface area contributed by atoms with Crippen molar-refractivity contribution < 1.29 is 19.0 Å². The van der Waals surface area contributed by atoms with E-state index in [2.05, 4.69) is 11.1 Å². The van der Waals surface area contributed by atoms with Gasteiger partial charge in [-0.15, -0.1) is 0 Å². The van der Waals surface area contributed by atoms with E-state index in [1.807, 2.05) is 19.1 Å². The van der Waals surface area contributed by atoms with E-state index in [9.17, 15) is 4.79 Å². The highest BCUT2D eigenvalue weighted by molar-refractivity contribution is 5.50. The number of benzene rings is 1. The van der Waals surface area contributed by atoms with Crippen molar-refractivity contribution in [3.8, 4) is 5.75 Å². The lowest BCUT2D eigenvalue weighted by Gasteiger charge is -2.35. The minimum absolute atomic E-state index is 0.542. The monoisotopic (exact) mass is 311 g/mol. The molecule has 1 aromatic rings. The molecule has 2 aliphatic rings. The number of aliphatic imine (C=N–C) groups is 1. The molecule has 1 aliphatic carbocycles. The molecule has 0 spiro atoms. The van der Waals surface area contributed by atoms with Crippen LogP contribution < -0.4 is 4.74 Å². The zero-order valence-electron chi connectivity index (χ0n) is 13.0. The van der Waals surface area contributed by atoms with E-state index in [-0.39, 0.29) is 0 Å². The molecule has 0 saturated heterocycles. The fourth-order valence-electron chi connectivity index (χ4n) is 2.43. The van der Waals surface area contributed by atoms with Crippen LogP contribution in [0.3, 0.4) is 0 Å². The molecule has 0 bridgehead atoms. The maximum absolute atomic E-state index is 10.2. The van der Waals surface area contributed by atoms with Crippen molar-refractivity contribution in [3.05, 3.63) is 59.6 Å². The van der Waals surface area contributed by atoms with Crippen LogP contribution in [-0.4, -0.2) is 19.0 Å². The fraction of sp³-hybridized carbons (Fsp3) is 0.278. The van der Waals surface area contributed by atoms with Crippen LogP contribution in [0.25, 0.3) is 0 Å². The molecule has 0 saturated carbocycles. The Morgan fingerprint density at radius 2 is 2.04 bits per heavy atom. The van der Waals surface area contributed by atoms with Gasteiger partial charge in [0, 0.05) is 26.5 Å². The number of hydrogen-bond donors (Lipinski definition) is 0. The standard InChI is InChI=1S/C18H17NO4/c1-18(21-2)10-9-13-3-6-16(11-17(13)23-18)22-15-7-4-14(5-8-15)19-12-20/h4-9,11H,3,10H2,1-2H3.